The van der Waals surface area contributed by atoms with Crippen LogP contribution in [-0.4, -0.2) is 48.8 Å². The minimum atomic E-state index is -0.914. The average Bonchev–Trinajstić information content (AvgIpc) is 3.09. The van der Waals surface area contributed by atoms with Gasteiger partial charge in [0.05, 0.1) is 12.5 Å². The van der Waals surface area contributed by atoms with Gasteiger partial charge < -0.3 is 19.9 Å². The summed E-state index contributed by atoms with van der Waals surface area (Å²) in [6.07, 6.45) is 43.5. The number of esters is 2. The van der Waals surface area contributed by atoms with Crippen molar-refractivity contribution in [2.24, 2.45) is 0 Å². The third-order valence-corrected chi connectivity index (χ3v) is 8.33. The van der Waals surface area contributed by atoms with Crippen LogP contribution in [0.3, 0.4) is 0 Å². The number of hydrogen-bond acceptors (Lipinski definition) is 6. The maximum Gasteiger partial charge on any atom is 0.305 e. The van der Waals surface area contributed by atoms with Crippen LogP contribution in [0, 0.1) is 0 Å². The second-order valence-corrected chi connectivity index (χ2v) is 13.1. The smallest absolute Gasteiger partial charge is 0.305 e. The summed E-state index contributed by atoms with van der Waals surface area (Å²) >= 11 is 0. The molecule has 0 radical (unpaired) electrons. The van der Waals surface area contributed by atoms with Crippen molar-refractivity contribution in [2.75, 3.05) is 19.8 Å². The van der Waals surface area contributed by atoms with Gasteiger partial charge in [-0.05, 0) is 77.0 Å². The van der Waals surface area contributed by atoms with Gasteiger partial charge in [0.2, 0.25) is 0 Å². The third kappa shape index (κ3) is 38.0. The Hall–Kier alpha value is -2.67. The van der Waals surface area contributed by atoms with Gasteiger partial charge >= 0.3 is 17.9 Å². The highest BCUT2D eigenvalue weighted by Crippen LogP contribution is 2.11. The molecule has 0 saturated carbocycles. The van der Waals surface area contributed by atoms with Crippen molar-refractivity contribution in [1.82, 2.24) is 5.32 Å². The van der Waals surface area contributed by atoms with Gasteiger partial charge in [0, 0.05) is 19.4 Å². The normalized spacial score (nSPS) is 12.0. The summed E-state index contributed by atoms with van der Waals surface area (Å²) in [5.74, 6) is -1.46. The summed E-state index contributed by atoms with van der Waals surface area (Å²) in [5, 5.41) is 12.0. The van der Waals surface area contributed by atoms with Gasteiger partial charge in [-0.25, -0.2) is 0 Å². The minimum Gasteiger partial charge on any atom is -0.481 e. The van der Waals surface area contributed by atoms with Crippen molar-refractivity contribution < 1.29 is 29.0 Å². The Bertz CT molecular complexity index is 832. The molecule has 49 heavy (non-hydrogen) atoms. The second-order valence-electron chi connectivity index (χ2n) is 13.1. The number of hydrogen-bond donors (Lipinski definition) is 2. The van der Waals surface area contributed by atoms with Crippen molar-refractivity contribution in [3.8, 4) is 0 Å². The molecule has 0 aliphatic carbocycles. The fourth-order valence-electron chi connectivity index (χ4n) is 5.24. The number of allylic oxidation sites excluding steroid dienone is 8. The van der Waals surface area contributed by atoms with Crippen LogP contribution >= 0.6 is 0 Å². The van der Waals surface area contributed by atoms with Gasteiger partial charge in [-0.3, -0.25) is 14.4 Å². The van der Waals surface area contributed by atoms with Crippen molar-refractivity contribution in [3.63, 3.8) is 0 Å². The number of ether oxygens (including phenoxy) is 2. The number of rotatable bonds is 36. The summed E-state index contributed by atoms with van der Waals surface area (Å²) in [6, 6.07) is -0.429. The zero-order valence-electron chi connectivity index (χ0n) is 31.5. The molecule has 0 aromatic carbocycles. The van der Waals surface area contributed by atoms with Crippen molar-refractivity contribution in [2.45, 2.75) is 180 Å². The van der Waals surface area contributed by atoms with Crippen LogP contribution in [0.2, 0.25) is 0 Å². The Balaban J connectivity index is 3.97. The summed E-state index contributed by atoms with van der Waals surface area (Å²) in [4.78, 5) is 35.5. The predicted molar refractivity (Wildman–Crippen MR) is 205 cm³/mol. The molecule has 0 bridgehead atoms. The second kappa shape index (κ2) is 38.1. The topological polar surface area (TPSA) is 102 Å². The van der Waals surface area contributed by atoms with Crippen molar-refractivity contribution in [3.05, 3.63) is 48.6 Å². The number of unbranched alkanes of at least 4 members (excludes halogenated alkanes) is 16. The molecular weight excluding hydrogens is 614 g/mol. The zero-order chi connectivity index (χ0) is 35.9. The SMILES string of the molecule is CCCCC/C=C\C/C=C\CCCCCCCC(=O)OCC(COC(=O)CCCCCCC/C=C\C/C=C\CCCCC)NCCC(=O)O. The van der Waals surface area contributed by atoms with E-state index in [4.69, 9.17) is 14.6 Å². The molecule has 0 fully saturated rings. The van der Waals surface area contributed by atoms with E-state index >= 15 is 0 Å². The van der Waals surface area contributed by atoms with Crippen LogP contribution in [0.5, 0.6) is 0 Å². The van der Waals surface area contributed by atoms with Crippen LogP contribution in [0.15, 0.2) is 48.6 Å². The van der Waals surface area contributed by atoms with Crippen LogP contribution in [0.25, 0.3) is 0 Å². The monoisotopic (exact) mass is 688 g/mol. The Morgan fingerprint density at radius 1 is 0.510 bits per heavy atom. The largest absolute Gasteiger partial charge is 0.481 e. The van der Waals surface area contributed by atoms with E-state index in [-0.39, 0.29) is 38.1 Å². The van der Waals surface area contributed by atoms with Gasteiger partial charge in [0.1, 0.15) is 13.2 Å². The van der Waals surface area contributed by atoms with E-state index in [1.54, 1.807) is 0 Å². The van der Waals surface area contributed by atoms with Crippen LogP contribution in [0.1, 0.15) is 174 Å². The average molecular weight is 688 g/mol. The van der Waals surface area contributed by atoms with Gasteiger partial charge in [-0.2, -0.15) is 0 Å². The molecule has 0 rings (SSSR count). The fraction of sp³-hybridized carbons (Fsp3) is 0.738. The lowest BCUT2D eigenvalue weighted by Gasteiger charge is -2.18. The fourth-order valence-corrected chi connectivity index (χ4v) is 5.24. The molecule has 7 nitrogen and oxygen atoms in total. The minimum absolute atomic E-state index is 0.0513. The van der Waals surface area contributed by atoms with E-state index in [0.717, 1.165) is 77.0 Å². The number of aliphatic carboxylic acids is 1. The summed E-state index contributed by atoms with van der Waals surface area (Å²) in [6.45, 7) is 4.77. The number of carbonyl (C=O) groups excluding carboxylic acids is 2. The van der Waals surface area contributed by atoms with Crippen molar-refractivity contribution >= 4 is 17.9 Å². The first-order chi connectivity index (χ1) is 24.0. The molecule has 7 heteroatoms. The number of carboxylic acid groups (broad SMARTS) is 1. The predicted octanol–water partition coefficient (Wildman–Crippen LogP) is 11.1. The molecule has 0 spiro atoms. The Kier molecular flexibility index (Phi) is 36.1. The lowest BCUT2D eigenvalue weighted by Crippen LogP contribution is -2.40. The van der Waals surface area contributed by atoms with E-state index in [1.165, 1.54) is 64.2 Å². The molecular formula is C42H73NO6. The summed E-state index contributed by atoms with van der Waals surface area (Å²) < 4.78 is 10.9. The lowest BCUT2D eigenvalue weighted by atomic mass is 10.1. The zero-order valence-corrected chi connectivity index (χ0v) is 31.5. The summed E-state index contributed by atoms with van der Waals surface area (Å²) in [7, 11) is 0. The molecule has 282 valence electrons. The van der Waals surface area contributed by atoms with E-state index in [2.05, 4.69) is 67.8 Å². The molecule has 0 aromatic heterocycles. The molecule has 2 N–H and O–H groups in total. The Morgan fingerprint density at radius 3 is 1.27 bits per heavy atom. The van der Waals surface area contributed by atoms with Crippen LogP contribution in [-0.2, 0) is 23.9 Å². The number of carbonyl (C=O) groups is 3. The van der Waals surface area contributed by atoms with Gasteiger partial charge in [-0.15, -0.1) is 0 Å². The molecule has 0 heterocycles. The molecule has 0 aromatic rings. The standard InChI is InChI=1S/C42H73NO6/c1-3-5-7-9-11-13-15-17-19-21-23-25-27-29-31-33-41(46)48-37-39(43-36-35-40(44)45)38-49-42(47)34-32-30-28-26-24-22-20-18-16-14-12-10-8-6-4-2/h11-14,17-20,39,43H,3-10,15-16,21-38H2,1-2H3,(H,44,45)/b13-11-,14-12-,19-17-,20-18-. The summed E-state index contributed by atoms with van der Waals surface area (Å²) in [5.41, 5.74) is 0. The Morgan fingerprint density at radius 2 is 0.878 bits per heavy atom. The van der Waals surface area contributed by atoms with E-state index in [0.29, 0.717) is 12.8 Å². The van der Waals surface area contributed by atoms with Crippen LogP contribution < -0.4 is 5.32 Å². The number of carboxylic acids is 1. The first-order valence-corrected chi connectivity index (χ1v) is 19.9. The number of nitrogens with one attached hydrogen (secondary N) is 1. The van der Waals surface area contributed by atoms with Crippen LogP contribution in [0.4, 0.5) is 0 Å². The Labute approximate surface area is 300 Å². The van der Waals surface area contributed by atoms with Gasteiger partial charge in [0.15, 0.2) is 0 Å². The van der Waals surface area contributed by atoms with Gasteiger partial charge in [0.25, 0.3) is 0 Å². The molecule has 0 saturated heterocycles. The first-order valence-electron chi connectivity index (χ1n) is 19.9. The third-order valence-electron chi connectivity index (χ3n) is 8.33. The highest BCUT2D eigenvalue weighted by Gasteiger charge is 2.15. The highest BCUT2D eigenvalue weighted by molar-refractivity contribution is 5.70. The van der Waals surface area contributed by atoms with E-state index in [1.807, 2.05) is 0 Å². The molecule has 0 unspecified atom stereocenters. The van der Waals surface area contributed by atoms with Crippen molar-refractivity contribution in [1.29, 1.82) is 0 Å². The molecule has 0 amide bonds. The van der Waals surface area contributed by atoms with Gasteiger partial charge in [-0.1, -0.05) is 127 Å². The highest BCUT2D eigenvalue weighted by atomic mass is 16.5. The maximum atomic E-state index is 12.3. The molecule has 0 aliphatic rings. The lowest BCUT2D eigenvalue weighted by molar-refractivity contribution is -0.148. The van der Waals surface area contributed by atoms with E-state index < -0.39 is 12.0 Å². The maximum absolute atomic E-state index is 12.3. The van der Waals surface area contributed by atoms with E-state index in [9.17, 15) is 14.4 Å². The molecule has 0 atom stereocenters. The quantitative estimate of drug-likeness (QED) is 0.0384. The molecule has 0 aliphatic heterocycles. The first kappa shape index (κ1) is 46.3.